The Morgan fingerprint density at radius 3 is 1.82 bits per heavy atom. The summed E-state index contributed by atoms with van der Waals surface area (Å²) in [5.74, 6) is -0.155. The average Bonchev–Trinajstić information content (AvgIpc) is 1.86. The third kappa shape index (κ3) is 2.04. The van der Waals surface area contributed by atoms with Crippen molar-refractivity contribution in [2.24, 2.45) is 0 Å². The van der Waals surface area contributed by atoms with Crippen molar-refractivity contribution in [1.82, 2.24) is 0 Å². The lowest BCUT2D eigenvalue weighted by atomic mass is 10.3. The standard InChI is InChI=1S/C6H5F3OS/c7-11(8,9)6-3-1-5(10)2-4-6/h1-4,10H. The first-order chi connectivity index (χ1) is 5.00. The second kappa shape index (κ2) is 2.65. The summed E-state index contributed by atoms with van der Waals surface area (Å²) in [4.78, 5) is -0.671. The van der Waals surface area contributed by atoms with Gasteiger partial charge in [0.25, 0.3) is 0 Å². The molecular formula is C6H5F3OS. The zero-order chi connectivity index (χ0) is 8.48. The molecule has 0 aliphatic rings. The van der Waals surface area contributed by atoms with Gasteiger partial charge in [-0.15, -0.1) is 11.7 Å². The first kappa shape index (κ1) is 8.26. The molecule has 1 aromatic rings. The molecule has 5 heteroatoms. The molecule has 0 heterocycles. The molecule has 0 aromatic heterocycles. The van der Waals surface area contributed by atoms with Crippen molar-refractivity contribution in [3.8, 4) is 5.75 Å². The minimum absolute atomic E-state index is 0.155. The summed E-state index contributed by atoms with van der Waals surface area (Å²) in [6, 6.07) is 3.78. The third-order valence-electron chi connectivity index (χ3n) is 1.10. The summed E-state index contributed by atoms with van der Waals surface area (Å²) in [6.07, 6.45) is 0. The highest BCUT2D eigenvalue weighted by Gasteiger charge is 2.23. The van der Waals surface area contributed by atoms with E-state index in [4.69, 9.17) is 5.11 Å². The van der Waals surface area contributed by atoms with Gasteiger partial charge in [0, 0.05) is 0 Å². The van der Waals surface area contributed by atoms with Gasteiger partial charge in [-0.05, 0) is 24.3 Å². The molecule has 0 unspecified atom stereocenters. The van der Waals surface area contributed by atoms with Crippen molar-refractivity contribution < 1.29 is 16.8 Å². The number of benzene rings is 1. The van der Waals surface area contributed by atoms with E-state index in [1.807, 2.05) is 0 Å². The highest BCUT2D eigenvalue weighted by Crippen LogP contribution is 2.60. The van der Waals surface area contributed by atoms with Crippen LogP contribution in [0.25, 0.3) is 0 Å². The maximum Gasteiger partial charge on any atom is 0.237 e. The van der Waals surface area contributed by atoms with Gasteiger partial charge in [0.15, 0.2) is 0 Å². The summed E-state index contributed by atoms with van der Waals surface area (Å²) in [6.45, 7) is 0. The van der Waals surface area contributed by atoms with Crippen LogP contribution in [0.4, 0.5) is 11.7 Å². The molecule has 0 aliphatic heterocycles. The summed E-state index contributed by atoms with van der Waals surface area (Å²) < 4.78 is 35.8. The molecule has 0 fully saturated rings. The Balaban J connectivity index is 2.99. The number of hydrogen-bond donors (Lipinski definition) is 1. The molecule has 1 rings (SSSR count). The Kier molecular flexibility index (Phi) is 1.99. The first-order valence-corrected chi connectivity index (χ1v) is 4.05. The van der Waals surface area contributed by atoms with Crippen LogP contribution < -0.4 is 0 Å². The van der Waals surface area contributed by atoms with E-state index in [1.165, 1.54) is 0 Å². The normalized spacial score (nSPS) is 13.0. The summed E-state index contributed by atoms with van der Waals surface area (Å²) in [5, 5.41) is 8.66. The van der Waals surface area contributed by atoms with Crippen molar-refractivity contribution in [3.05, 3.63) is 24.3 Å². The zero-order valence-corrected chi connectivity index (χ0v) is 6.12. The summed E-state index contributed by atoms with van der Waals surface area (Å²) >= 11 is -5.13. The van der Waals surface area contributed by atoms with Crippen molar-refractivity contribution in [2.75, 3.05) is 0 Å². The van der Waals surface area contributed by atoms with Crippen LogP contribution in [0.15, 0.2) is 29.2 Å². The quantitative estimate of drug-likeness (QED) is 0.707. The predicted molar refractivity (Wildman–Crippen MR) is 37.3 cm³/mol. The minimum Gasteiger partial charge on any atom is -0.508 e. The molecule has 0 bridgehead atoms. The number of halogens is 3. The smallest absolute Gasteiger partial charge is 0.237 e. The van der Waals surface area contributed by atoms with Crippen LogP contribution in [0.3, 0.4) is 0 Å². The van der Waals surface area contributed by atoms with Crippen LogP contribution >= 0.6 is 11.2 Å². The van der Waals surface area contributed by atoms with Gasteiger partial charge in [0.2, 0.25) is 11.2 Å². The highest BCUT2D eigenvalue weighted by molar-refractivity contribution is 8.20. The lowest BCUT2D eigenvalue weighted by Gasteiger charge is -2.08. The number of hydrogen-bond acceptors (Lipinski definition) is 1. The van der Waals surface area contributed by atoms with E-state index in [0.717, 1.165) is 24.3 Å². The first-order valence-electron chi connectivity index (χ1n) is 2.71. The Morgan fingerprint density at radius 1 is 1.00 bits per heavy atom. The van der Waals surface area contributed by atoms with Crippen LogP contribution in [0.2, 0.25) is 0 Å². The molecule has 1 nitrogen and oxygen atoms in total. The van der Waals surface area contributed by atoms with Gasteiger partial charge < -0.3 is 5.11 Å². The Morgan fingerprint density at radius 2 is 1.45 bits per heavy atom. The van der Waals surface area contributed by atoms with Crippen LogP contribution in [-0.4, -0.2) is 5.11 Å². The maximum absolute atomic E-state index is 11.9. The van der Waals surface area contributed by atoms with Gasteiger partial charge in [-0.25, -0.2) is 0 Å². The molecule has 0 radical (unpaired) electrons. The Hall–Kier alpha value is -0.840. The molecule has 1 N–H and O–H groups in total. The second-order valence-corrected chi connectivity index (χ2v) is 3.18. The van der Waals surface area contributed by atoms with Crippen molar-refractivity contribution in [3.63, 3.8) is 0 Å². The number of aromatic hydroxyl groups is 1. The summed E-state index contributed by atoms with van der Waals surface area (Å²) in [7, 11) is 0. The third-order valence-corrected chi connectivity index (χ3v) is 1.91. The van der Waals surface area contributed by atoms with Crippen LogP contribution in [0.5, 0.6) is 5.75 Å². The molecule has 62 valence electrons. The predicted octanol–water partition coefficient (Wildman–Crippen LogP) is 3.21. The lowest BCUT2D eigenvalue weighted by Crippen LogP contribution is -1.77. The van der Waals surface area contributed by atoms with E-state index in [9.17, 15) is 11.7 Å². The van der Waals surface area contributed by atoms with E-state index in [-0.39, 0.29) is 5.75 Å². The average molecular weight is 182 g/mol. The van der Waals surface area contributed by atoms with Crippen molar-refractivity contribution >= 4 is 11.2 Å². The monoisotopic (exact) mass is 182 g/mol. The topological polar surface area (TPSA) is 20.2 Å². The largest absolute Gasteiger partial charge is 0.508 e. The van der Waals surface area contributed by atoms with Crippen LogP contribution in [0.1, 0.15) is 0 Å². The molecule has 0 atom stereocenters. The van der Waals surface area contributed by atoms with Gasteiger partial charge in [-0.2, -0.15) is 0 Å². The van der Waals surface area contributed by atoms with E-state index in [2.05, 4.69) is 0 Å². The highest BCUT2D eigenvalue weighted by atomic mass is 32.3. The maximum atomic E-state index is 11.9. The van der Waals surface area contributed by atoms with Gasteiger partial charge in [-0.3, -0.25) is 0 Å². The molecule has 0 saturated carbocycles. The molecule has 0 aliphatic carbocycles. The van der Waals surface area contributed by atoms with Crippen molar-refractivity contribution in [2.45, 2.75) is 4.90 Å². The molecule has 0 spiro atoms. The van der Waals surface area contributed by atoms with Gasteiger partial charge >= 0.3 is 0 Å². The van der Waals surface area contributed by atoms with E-state index >= 15 is 0 Å². The minimum atomic E-state index is -5.13. The Labute approximate surface area is 63.7 Å². The van der Waals surface area contributed by atoms with Gasteiger partial charge in [0.05, 0.1) is 4.90 Å². The molecule has 0 amide bonds. The van der Waals surface area contributed by atoms with Crippen molar-refractivity contribution in [1.29, 1.82) is 0 Å². The summed E-state index contributed by atoms with van der Waals surface area (Å²) in [5.41, 5.74) is 0. The van der Waals surface area contributed by atoms with E-state index < -0.39 is 16.1 Å². The SMILES string of the molecule is Oc1ccc(S(F)(F)F)cc1. The molecule has 0 saturated heterocycles. The fourth-order valence-electron chi connectivity index (χ4n) is 0.600. The van der Waals surface area contributed by atoms with Gasteiger partial charge in [-0.1, -0.05) is 0 Å². The van der Waals surface area contributed by atoms with E-state index in [0.29, 0.717) is 0 Å². The molecule has 11 heavy (non-hydrogen) atoms. The van der Waals surface area contributed by atoms with E-state index in [1.54, 1.807) is 0 Å². The second-order valence-electron chi connectivity index (χ2n) is 1.90. The number of phenols is 1. The fraction of sp³-hybridized carbons (Fsp3) is 0. The van der Waals surface area contributed by atoms with Gasteiger partial charge in [0.1, 0.15) is 5.75 Å². The number of rotatable bonds is 1. The Bertz CT molecular complexity index is 241. The molecule has 1 aromatic carbocycles. The van der Waals surface area contributed by atoms with Crippen LogP contribution in [-0.2, 0) is 0 Å². The fourth-order valence-corrected chi connectivity index (χ4v) is 1.05. The molecular weight excluding hydrogens is 177 g/mol. The lowest BCUT2D eigenvalue weighted by molar-refractivity contribution is 0.474. The zero-order valence-electron chi connectivity index (χ0n) is 5.30. The van der Waals surface area contributed by atoms with Crippen LogP contribution in [0, 0.1) is 0 Å². The number of phenolic OH excluding ortho intramolecular Hbond substituents is 1.